The van der Waals surface area contributed by atoms with Crippen LogP contribution < -0.4 is 10.2 Å². The molecule has 1 heterocycles. The fraction of sp³-hybridized carbons (Fsp3) is 0.429. The molecule has 3 rings (SSSR count). The van der Waals surface area contributed by atoms with E-state index in [0.717, 1.165) is 32.6 Å². The van der Waals surface area contributed by atoms with Crippen molar-refractivity contribution >= 4 is 5.69 Å². The fourth-order valence-electron chi connectivity index (χ4n) is 3.48. The third kappa shape index (κ3) is 5.05. The molecule has 2 aromatic rings. The van der Waals surface area contributed by atoms with Gasteiger partial charge in [0.25, 0.3) is 0 Å². The molecule has 2 N–H and O–H groups in total. The molecule has 25 heavy (non-hydrogen) atoms. The molecule has 1 aliphatic rings. The summed E-state index contributed by atoms with van der Waals surface area (Å²) in [5.74, 6) is 0. The van der Waals surface area contributed by atoms with Crippen LogP contribution in [0.5, 0.6) is 0 Å². The Morgan fingerprint density at radius 2 is 1.76 bits per heavy atom. The standard InChI is InChI=1S/C21H29N3O/c1-23(2)19-10-8-17(9-11-19)13-22-14-20-12-21(25)16-24(20)15-18-6-4-3-5-7-18/h3-11,20-22,25H,12-16H2,1-2H3. The van der Waals surface area contributed by atoms with Gasteiger partial charge in [-0.15, -0.1) is 0 Å². The van der Waals surface area contributed by atoms with Crippen molar-refractivity contribution in [2.75, 3.05) is 32.1 Å². The number of anilines is 1. The van der Waals surface area contributed by atoms with Crippen LogP contribution in [0.3, 0.4) is 0 Å². The van der Waals surface area contributed by atoms with Crippen molar-refractivity contribution < 1.29 is 5.11 Å². The number of hydrogen-bond donors (Lipinski definition) is 2. The van der Waals surface area contributed by atoms with Gasteiger partial charge in [-0.25, -0.2) is 0 Å². The fourth-order valence-corrected chi connectivity index (χ4v) is 3.48. The van der Waals surface area contributed by atoms with Gasteiger partial charge in [-0.05, 0) is 29.7 Å². The summed E-state index contributed by atoms with van der Waals surface area (Å²) in [7, 11) is 4.11. The summed E-state index contributed by atoms with van der Waals surface area (Å²) >= 11 is 0. The third-order valence-corrected chi connectivity index (χ3v) is 4.90. The molecule has 1 saturated heterocycles. The molecule has 0 radical (unpaired) electrons. The minimum Gasteiger partial charge on any atom is -0.392 e. The maximum atomic E-state index is 10.1. The summed E-state index contributed by atoms with van der Waals surface area (Å²) in [4.78, 5) is 4.50. The van der Waals surface area contributed by atoms with Crippen LogP contribution in [0.2, 0.25) is 0 Å². The molecule has 2 aromatic carbocycles. The summed E-state index contributed by atoms with van der Waals surface area (Å²) in [6, 6.07) is 19.5. The summed E-state index contributed by atoms with van der Waals surface area (Å²) in [6.45, 7) is 3.43. The quantitative estimate of drug-likeness (QED) is 0.813. The van der Waals surface area contributed by atoms with Gasteiger partial charge in [0.2, 0.25) is 0 Å². The first-order chi connectivity index (χ1) is 12.1. The van der Waals surface area contributed by atoms with E-state index in [1.165, 1.54) is 16.8 Å². The maximum absolute atomic E-state index is 10.1. The Labute approximate surface area is 151 Å². The van der Waals surface area contributed by atoms with Gasteiger partial charge < -0.3 is 15.3 Å². The zero-order chi connectivity index (χ0) is 17.6. The van der Waals surface area contributed by atoms with Crippen LogP contribution in [0.4, 0.5) is 5.69 Å². The highest BCUT2D eigenvalue weighted by molar-refractivity contribution is 5.45. The lowest BCUT2D eigenvalue weighted by Gasteiger charge is -2.24. The first-order valence-corrected chi connectivity index (χ1v) is 9.05. The Hall–Kier alpha value is -1.88. The SMILES string of the molecule is CN(C)c1ccc(CNCC2CC(O)CN2Cc2ccccc2)cc1. The highest BCUT2D eigenvalue weighted by atomic mass is 16.3. The molecule has 2 unspecified atom stereocenters. The molecule has 0 bridgehead atoms. The highest BCUT2D eigenvalue weighted by Gasteiger charge is 2.30. The third-order valence-electron chi connectivity index (χ3n) is 4.90. The van der Waals surface area contributed by atoms with E-state index in [1.807, 2.05) is 6.07 Å². The second-order valence-electron chi connectivity index (χ2n) is 7.15. The molecule has 1 fully saturated rings. The first-order valence-electron chi connectivity index (χ1n) is 9.05. The van der Waals surface area contributed by atoms with Crippen LogP contribution >= 0.6 is 0 Å². The number of aliphatic hydroxyl groups is 1. The molecular weight excluding hydrogens is 310 g/mol. The lowest BCUT2D eigenvalue weighted by Crippen LogP contribution is -2.37. The molecule has 0 saturated carbocycles. The maximum Gasteiger partial charge on any atom is 0.0682 e. The van der Waals surface area contributed by atoms with Crippen LogP contribution in [0.1, 0.15) is 17.5 Å². The van der Waals surface area contributed by atoms with Crippen LogP contribution in [0.15, 0.2) is 54.6 Å². The van der Waals surface area contributed by atoms with Gasteiger partial charge in [0, 0.05) is 52.0 Å². The predicted octanol–water partition coefficient (Wildman–Crippen LogP) is 2.48. The van der Waals surface area contributed by atoms with E-state index in [1.54, 1.807) is 0 Å². The van der Waals surface area contributed by atoms with Crippen LogP contribution in [-0.4, -0.2) is 49.3 Å². The topological polar surface area (TPSA) is 38.7 Å². The van der Waals surface area contributed by atoms with Crippen LogP contribution in [0, 0.1) is 0 Å². The minimum absolute atomic E-state index is 0.213. The number of nitrogens with zero attached hydrogens (tertiary/aromatic N) is 2. The van der Waals surface area contributed by atoms with E-state index < -0.39 is 0 Å². The first kappa shape index (κ1) is 17.9. The van der Waals surface area contributed by atoms with Crippen LogP contribution in [-0.2, 0) is 13.1 Å². The van der Waals surface area contributed by atoms with Gasteiger partial charge in [-0.2, -0.15) is 0 Å². The molecule has 4 nitrogen and oxygen atoms in total. The zero-order valence-electron chi connectivity index (χ0n) is 15.2. The summed E-state index contributed by atoms with van der Waals surface area (Å²) in [6.07, 6.45) is 0.634. The Morgan fingerprint density at radius 3 is 2.44 bits per heavy atom. The zero-order valence-corrected chi connectivity index (χ0v) is 15.2. The second-order valence-corrected chi connectivity index (χ2v) is 7.15. The van der Waals surface area contributed by atoms with Crippen molar-refractivity contribution in [3.63, 3.8) is 0 Å². The normalized spacial score (nSPS) is 20.8. The number of rotatable bonds is 7. The average Bonchev–Trinajstić information content (AvgIpc) is 2.95. The second kappa shape index (κ2) is 8.48. The van der Waals surface area contributed by atoms with E-state index in [2.05, 4.69) is 77.7 Å². The average molecular weight is 339 g/mol. The van der Waals surface area contributed by atoms with Crippen molar-refractivity contribution in [3.05, 3.63) is 65.7 Å². The van der Waals surface area contributed by atoms with E-state index in [4.69, 9.17) is 0 Å². The van der Waals surface area contributed by atoms with Gasteiger partial charge in [0.05, 0.1) is 6.10 Å². The van der Waals surface area contributed by atoms with Crippen molar-refractivity contribution in [2.45, 2.75) is 31.7 Å². The molecule has 134 valence electrons. The van der Waals surface area contributed by atoms with Gasteiger partial charge in [0.1, 0.15) is 0 Å². The number of benzene rings is 2. The Balaban J connectivity index is 1.50. The lowest BCUT2D eigenvalue weighted by molar-refractivity contribution is 0.172. The van der Waals surface area contributed by atoms with Gasteiger partial charge in [0.15, 0.2) is 0 Å². The van der Waals surface area contributed by atoms with Gasteiger partial charge in [-0.1, -0.05) is 42.5 Å². The van der Waals surface area contributed by atoms with Crippen molar-refractivity contribution in [1.82, 2.24) is 10.2 Å². The molecule has 4 heteroatoms. The van der Waals surface area contributed by atoms with E-state index >= 15 is 0 Å². The summed E-state index contributed by atoms with van der Waals surface area (Å²) in [5, 5.41) is 13.6. The monoisotopic (exact) mass is 339 g/mol. The highest BCUT2D eigenvalue weighted by Crippen LogP contribution is 2.20. The number of nitrogens with one attached hydrogen (secondary N) is 1. The van der Waals surface area contributed by atoms with Crippen molar-refractivity contribution in [1.29, 1.82) is 0 Å². The smallest absolute Gasteiger partial charge is 0.0682 e. The Bertz CT molecular complexity index is 642. The van der Waals surface area contributed by atoms with Crippen molar-refractivity contribution in [3.8, 4) is 0 Å². The predicted molar refractivity (Wildman–Crippen MR) is 104 cm³/mol. The van der Waals surface area contributed by atoms with Crippen LogP contribution in [0.25, 0.3) is 0 Å². The Kier molecular flexibility index (Phi) is 6.08. The van der Waals surface area contributed by atoms with E-state index in [0.29, 0.717) is 6.04 Å². The van der Waals surface area contributed by atoms with E-state index in [-0.39, 0.29) is 6.10 Å². The molecule has 1 aliphatic heterocycles. The summed E-state index contributed by atoms with van der Waals surface area (Å²) in [5.41, 5.74) is 3.82. The van der Waals surface area contributed by atoms with Gasteiger partial charge in [-0.3, -0.25) is 4.90 Å². The number of hydrogen-bond acceptors (Lipinski definition) is 4. The molecule has 2 atom stereocenters. The molecule has 0 aromatic heterocycles. The Morgan fingerprint density at radius 1 is 1.04 bits per heavy atom. The molecule has 0 amide bonds. The van der Waals surface area contributed by atoms with Crippen molar-refractivity contribution in [2.24, 2.45) is 0 Å². The molecule has 0 spiro atoms. The largest absolute Gasteiger partial charge is 0.392 e. The lowest BCUT2D eigenvalue weighted by atomic mass is 10.1. The minimum atomic E-state index is -0.213. The molecular formula is C21H29N3O. The number of β-amino-alcohol motifs (C(OH)–C–C–N with tert-alkyl or cyclic N) is 1. The summed E-state index contributed by atoms with van der Waals surface area (Å²) < 4.78 is 0. The molecule has 0 aliphatic carbocycles. The number of likely N-dealkylation sites (tertiary alicyclic amines) is 1. The van der Waals surface area contributed by atoms with Gasteiger partial charge >= 0.3 is 0 Å². The number of aliphatic hydroxyl groups excluding tert-OH is 1. The van der Waals surface area contributed by atoms with E-state index in [9.17, 15) is 5.11 Å².